The van der Waals surface area contributed by atoms with Crippen molar-refractivity contribution in [2.24, 2.45) is 0 Å². The summed E-state index contributed by atoms with van der Waals surface area (Å²) < 4.78 is 0. The maximum Gasteiger partial charge on any atom is 0.0340 e. The van der Waals surface area contributed by atoms with E-state index in [1.54, 1.807) is 0 Å². The van der Waals surface area contributed by atoms with Crippen LogP contribution in [0.3, 0.4) is 0 Å². The standard InChI is InChI=1S/C13H21N2/c1-3-15(4-2)12-8-11-14-13-9-6-5-7-10-13/h6-7,9-10,14H,3-4,8,11-12H2,1-2H3. The van der Waals surface area contributed by atoms with Gasteiger partial charge in [-0.3, -0.25) is 0 Å². The van der Waals surface area contributed by atoms with Crippen LogP contribution in [-0.4, -0.2) is 31.1 Å². The van der Waals surface area contributed by atoms with Gasteiger partial charge in [0.25, 0.3) is 0 Å². The van der Waals surface area contributed by atoms with Gasteiger partial charge in [-0.1, -0.05) is 26.0 Å². The van der Waals surface area contributed by atoms with Crippen molar-refractivity contribution in [2.75, 3.05) is 31.5 Å². The summed E-state index contributed by atoms with van der Waals surface area (Å²) in [6.45, 7) is 8.95. The fourth-order valence-corrected chi connectivity index (χ4v) is 1.58. The molecule has 0 fully saturated rings. The predicted octanol–water partition coefficient (Wildman–Crippen LogP) is 2.63. The van der Waals surface area contributed by atoms with Gasteiger partial charge in [0, 0.05) is 12.2 Å². The lowest BCUT2D eigenvalue weighted by Crippen LogP contribution is -2.25. The van der Waals surface area contributed by atoms with Crippen molar-refractivity contribution in [1.29, 1.82) is 0 Å². The summed E-state index contributed by atoms with van der Waals surface area (Å²) in [6.07, 6.45) is 1.19. The molecule has 0 heterocycles. The summed E-state index contributed by atoms with van der Waals surface area (Å²) in [5.41, 5.74) is 1.19. The molecule has 0 amide bonds. The van der Waals surface area contributed by atoms with E-state index in [1.165, 1.54) is 18.7 Å². The van der Waals surface area contributed by atoms with E-state index in [2.05, 4.69) is 42.3 Å². The quantitative estimate of drug-likeness (QED) is 0.688. The fraction of sp³-hybridized carbons (Fsp3) is 0.538. The summed E-state index contributed by atoms with van der Waals surface area (Å²) in [5.74, 6) is 0. The number of rotatable bonds is 7. The Labute approximate surface area is 93.3 Å². The van der Waals surface area contributed by atoms with Gasteiger partial charge in [0.15, 0.2) is 0 Å². The van der Waals surface area contributed by atoms with E-state index in [0.29, 0.717) is 0 Å². The highest BCUT2D eigenvalue weighted by Gasteiger charge is 1.97. The molecule has 0 aliphatic heterocycles. The molecule has 0 saturated heterocycles. The summed E-state index contributed by atoms with van der Waals surface area (Å²) in [6, 6.07) is 11.0. The first kappa shape index (κ1) is 12.1. The lowest BCUT2D eigenvalue weighted by molar-refractivity contribution is 0.303. The molecule has 1 N–H and O–H groups in total. The first-order valence-electron chi connectivity index (χ1n) is 5.79. The molecule has 0 bridgehead atoms. The monoisotopic (exact) mass is 205 g/mol. The first-order chi connectivity index (χ1) is 7.36. The molecule has 83 valence electrons. The summed E-state index contributed by atoms with van der Waals surface area (Å²) in [4.78, 5) is 2.44. The number of nitrogens with one attached hydrogen (secondary N) is 1. The van der Waals surface area contributed by atoms with Crippen molar-refractivity contribution in [3.05, 3.63) is 30.3 Å². The topological polar surface area (TPSA) is 15.3 Å². The Kier molecular flexibility index (Phi) is 5.86. The zero-order chi connectivity index (χ0) is 10.9. The molecule has 0 atom stereocenters. The molecule has 2 nitrogen and oxygen atoms in total. The minimum atomic E-state index is 1.04. The van der Waals surface area contributed by atoms with Gasteiger partial charge >= 0.3 is 0 Å². The van der Waals surface area contributed by atoms with Crippen LogP contribution in [0, 0.1) is 6.07 Å². The molecule has 2 heteroatoms. The maximum absolute atomic E-state index is 3.40. The van der Waals surface area contributed by atoms with Gasteiger partial charge in [-0.2, -0.15) is 0 Å². The van der Waals surface area contributed by atoms with Gasteiger partial charge < -0.3 is 10.2 Å². The molecule has 15 heavy (non-hydrogen) atoms. The Balaban J connectivity index is 2.12. The third kappa shape index (κ3) is 4.84. The Morgan fingerprint density at radius 3 is 2.47 bits per heavy atom. The molecular weight excluding hydrogens is 184 g/mol. The van der Waals surface area contributed by atoms with Crippen molar-refractivity contribution in [3.63, 3.8) is 0 Å². The molecule has 0 spiro atoms. The van der Waals surface area contributed by atoms with Crippen LogP contribution in [0.25, 0.3) is 0 Å². The first-order valence-corrected chi connectivity index (χ1v) is 5.79. The van der Waals surface area contributed by atoms with Crippen molar-refractivity contribution in [1.82, 2.24) is 4.90 Å². The normalized spacial score (nSPS) is 10.6. The van der Waals surface area contributed by atoms with Gasteiger partial charge in [0.2, 0.25) is 0 Å². The average molecular weight is 205 g/mol. The Morgan fingerprint density at radius 1 is 1.20 bits per heavy atom. The zero-order valence-electron chi connectivity index (χ0n) is 9.79. The minimum Gasteiger partial charge on any atom is -0.385 e. The largest absolute Gasteiger partial charge is 0.385 e. The van der Waals surface area contributed by atoms with Crippen molar-refractivity contribution in [3.8, 4) is 0 Å². The van der Waals surface area contributed by atoms with Crippen LogP contribution in [0.4, 0.5) is 5.69 Å². The van der Waals surface area contributed by atoms with E-state index in [9.17, 15) is 0 Å². The summed E-state index contributed by atoms with van der Waals surface area (Å²) in [7, 11) is 0. The molecule has 0 aliphatic carbocycles. The van der Waals surface area contributed by atoms with Gasteiger partial charge in [-0.15, -0.1) is 0 Å². The number of anilines is 1. The lowest BCUT2D eigenvalue weighted by atomic mass is 10.3. The highest BCUT2D eigenvalue weighted by Crippen LogP contribution is 2.04. The SMILES string of the molecule is CCN(CC)CCCNc1cc[c]cc1. The second-order valence-corrected chi connectivity index (χ2v) is 3.60. The number of hydrogen-bond acceptors (Lipinski definition) is 2. The van der Waals surface area contributed by atoms with E-state index in [4.69, 9.17) is 0 Å². The maximum atomic E-state index is 3.40. The molecule has 1 radical (unpaired) electrons. The highest BCUT2D eigenvalue weighted by molar-refractivity contribution is 5.41. The van der Waals surface area contributed by atoms with Crippen LogP contribution in [0.2, 0.25) is 0 Å². The summed E-state index contributed by atoms with van der Waals surface area (Å²) >= 11 is 0. The Hall–Kier alpha value is -1.02. The highest BCUT2D eigenvalue weighted by atomic mass is 15.1. The molecule has 1 aromatic rings. The van der Waals surface area contributed by atoms with E-state index in [1.807, 2.05) is 12.1 Å². The molecule has 0 aliphatic rings. The fourth-order valence-electron chi connectivity index (χ4n) is 1.58. The molecule has 0 unspecified atom stereocenters. The number of hydrogen-bond donors (Lipinski definition) is 1. The molecule has 1 rings (SSSR count). The van der Waals surface area contributed by atoms with Crippen LogP contribution in [0.1, 0.15) is 20.3 Å². The van der Waals surface area contributed by atoms with Crippen molar-refractivity contribution < 1.29 is 0 Å². The number of nitrogens with zero attached hydrogens (tertiary/aromatic N) is 1. The van der Waals surface area contributed by atoms with Crippen LogP contribution < -0.4 is 5.32 Å². The van der Waals surface area contributed by atoms with E-state index in [0.717, 1.165) is 19.6 Å². The average Bonchev–Trinajstić information content (AvgIpc) is 2.31. The minimum absolute atomic E-state index is 1.04. The molecule has 0 aromatic heterocycles. The van der Waals surface area contributed by atoms with E-state index >= 15 is 0 Å². The Bertz CT molecular complexity index is 242. The van der Waals surface area contributed by atoms with Crippen LogP contribution >= 0.6 is 0 Å². The van der Waals surface area contributed by atoms with Crippen molar-refractivity contribution >= 4 is 5.69 Å². The van der Waals surface area contributed by atoms with Crippen LogP contribution in [-0.2, 0) is 0 Å². The van der Waals surface area contributed by atoms with E-state index in [-0.39, 0.29) is 0 Å². The third-order valence-corrected chi connectivity index (χ3v) is 2.59. The van der Waals surface area contributed by atoms with E-state index < -0.39 is 0 Å². The van der Waals surface area contributed by atoms with Crippen molar-refractivity contribution in [2.45, 2.75) is 20.3 Å². The number of benzene rings is 1. The molecule has 1 aromatic carbocycles. The Morgan fingerprint density at radius 2 is 1.87 bits per heavy atom. The lowest BCUT2D eigenvalue weighted by Gasteiger charge is -2.17. The van der Waals surface area contributed by atoms with Crippen LogP contribution in [0.15, 0.2) is 24.3 Å². The van der Waals surface area contributed by atoms with Gasteiger partial charge in [-0.05, 0) is 44.3 Å². The zero-order valence-corrected chi connectivity index (χ0v) is 9.79. The van der Waals surface area contributed by atoms with Gasteiger partial charge in [0.1, 0.15) is 0 Å². The van der Waals surface area contributed by atoms with Crippen LogP contribution in [0.5, 0.6) is 0 Å². The van der Waals surface area contributed by atoms with Gasteiger partial charge in [-0.25, -0.2) is 0 Å². The molecular formula is C13H21N2. The molecule has 0 saturated carbocycles. The second-order valence-electron chi connectivity index (χ2n) is 3.60. The third-order valence-electron chi connectivity index (χ3n) is 2.59. The second kappa shape index (κ2) is 7.30. The smallest absolute Gasteiger partial charge is 0.0340 e. The van der Waals surface area contributed by atoms with Gasteiger partial charge in [0.05, 0.1) is 0 Å². The summed E-state index contributed by atoms with van der Waals surface area (Å²) in [5, 5.41) is 3.40. The predicted molar refractivity (Wildman–Crippen MR) is 66.2 cm³/mol.